The number of epoxide rings is 1. The van der Waals surface area contributed by atoms with Gasteiger partial charge in [0.1, 0.15) is 18.0 Å². The molecular formula is C21H19N3O3. The molecule has 1 fully saturated rings. The smallest absolute Gasteiger partial charge is 0.199 e. The predicted molar refractivity (Wildman–Crippen MR) is 104 cm³/mol. The fraction of sp³-hybridized carbons (Fsp3) is 0.238. The highest BCUT2D eigenvalue weighted by atomic mass is 16.6. The zero-order chi connectivity index (χ0) is 18.2. The molecule has 2 aliphatic rings. The van der Waals surface area contributed by atoms with Gasteiger partial charge >= 0.3 is 0 Å². The number of aromatic nitrogens is 1. The summed E-state index contributed by atoms with van der Waals surface area (Å²) in [5, 5.41) is 15.8. The third-order valence-corrected chi connectivity index (χ3v) is 4.86. The summed E-state index contributed by atoms with van der Waals surface area (Å²) in [6, 6.07) is 15.5. The lowest BCUT2D eigenvalue weighted by Gasteiger charge is -2.05. The number of aromatic amines is 1. The number of nitrogens with one attached hydrogen (secondary N) is 1. The molecule has 1 unspecified atom stereocenters. The Kier molecular flexibility index (Phi) is 3.90. The van der Waals surface area contributed by atoms with Gasteiger partial charge in [0, 0.05) is 16.5 Å². The summed E-state index contributed by atoms with van der Waals surface area (Å²) >= 11 is 0. The topological polar surface area (TPSA) is 82.5 Å². The van der Waals surface area contributed by atoms with Crippen LogP contribution in [0.3, 0.4) is 0 Å². The fourth-order valence-electron chi connectivity index (χ4n) is 3.43. The molecule has 0 radical (unpaired) electrons. The lowest BCUT2D eigenvalue weighted by Crippen LogP contribution is -2.13. The summed E-state index contributed by atoms with van der Waals surface area (Å²) in [6.45, 7) is 1.39. The van der Waals surface area contributed by atoms with Crippen molar-refractivity contribution in [1.82, 2.24) is 4.98 Å². The number of oxime groups is 1. The van der Waals surface area contributed by atoms with E-state index in [-0.39, 0.29) is 5.88 Å². The molecule has 1 aromatic heterocycles. The summed E-state index contributed by atoms with van der Waals surface area (Å²) < 4.78 is 5.21. The molecule has 3 aromatic rings. The highest BCUT2D eigenvalue weighted by Gasteiger charge is 2.29. The molecule has 0 saturated carbocycles. The van der Waals surface area contributed by atoms with Crippen LogP contribution in [0.2, 0.25) is 0 Å². The maximum atomic E-state index is 10.5. The molecule has 2 aromatic carbocycles. The molecule has 0 bridgehead atoms. The average molecular weight is 361 g/mol. The number of H-pyrrole nitrogens is 1. The molecule has 6 nitrogen and oxygen atoms in total. The highest BCUT2D eigenvalue weighted by molar-refractivity contribution is 6.58. The Morgan fingerprint density at radius 1 is 1.19 bits per heavy atom. The van der Waals surface area contributed by atoms with Gasteiger partial charge in [-0.2, -0.15) is 0 Å². The molecular weight excluding hydrogens is 342 g/mol. The summed E-state index contributed by atoms with van der Waals surface area (Å²) in [4.78, 5) is 13.3. The first-order valence-electron chi connectivity index (χ1n) is 9.11. The quantitative estimate of drug-likeness (QED) is 0.397. The van der Waals surface area contributed by atoms with E-state index in [1.165, 1.54) is 0 Å². The van der Waals surface area contributed by atoms with Crippen molar-refractivity contribution in [3.63, 3.8) is 0 Å². The van der Waals surface area contributed by atoms with Crippen LogP contribution in [0.15, 0.2) is 58.7 Å². The van der Waals surface area contributed by atoms with Crippen LogP contribution in [0.25, 0.3) is 10.9 Å². The van der Waals surface area contributed by atoms with E-state index in [4.69, 9.17) is 14.6 Å². The van der Waals surface area contributed by atoms with E-state index in [1.54, 1.807) is 0 Å². The highest BCUT2D eigenvalue weighted by Crippen LogP contribution is 2.35. The van der Waals surface area contributed by atoms with Crippen LogP contribution in [0.5, 0.6) is 5.88 Å². The normalized spacial score (nSPS) is 19.3. The molecule has 136 valence electrons. The van der Waals surface area contributed by atoms with E-state index < -0.39 is 0 Å². The van der Waals surface area contributed by atoms with Gasteiger partial charge in [0.25, 0.3) is 0 Å². The molecule has 0 aliphatic carbocycles. The first kappa shape index (κ1) is 16.1. The molecule has 5 rings (SSSR count). The van der Waals surface area contributed by atoms with E-state index in [0.717, 1.165) is 41.6 Å². The van der Waals surface area contributed by atoms with E-state index >= 15 is 0 Å². The number of ether oxygens (including phenoxy) is 1. The van der Waals surface area contributed by atoms with Crippen LogP contribution >= 0.6 is 0 Å². The van der Waals surface area contributed by atoms with E-state index in [2.05, 4.69) is 10.1 Å². The van der Waals surface area contributed by atoms with Crippen molar-refractivity contribution in [1.29, 1.82) is 0 Å². The van der Waals surface area contributed by atoms with Gasteiger partial charge in [0.15, 0.2) is 5.88 Å². The molecule has 2 aliphatic heterocycles. The Hall–Kier alpha value is -3.12. The van der Waals surface area contributed by atoms with Gasteiger partial charge in [0.2, 0.25) is 0 Å². The van der Waals surface area contributed by atoms with Crippen molar-refractivity contribution in [2.24, 2.45) is 10.1 Å². The Labute approximate surface area is 156 Å². The van der Waals surface area contributed by atoms with Gasteiger partial charge in [0.05, 0.1) is 24.0 Å². The van der Waals surface area contributed by atoms with E-state index in [1.807, 2.05) is 48.5 Å². The van der Waals surface area contributed by atoms with Gasteiger partial charge in [-0.1, -0.05) is 41.6 Å². The van der Waals surface area contributed by atoms with Crippen LogP contribution in [-0.4, -0.2) is 40.8 Å². The molecule has 27 heavy (non-hydrogen) atoms. The number of benzene rings is 2. The molecule has 2 N–H and O–H groups in total. The Morgan fingerprint density at radius 3 is 2.89 bits per heavy atom. The Morgan fingerprint density at radius 2 is 2.00 bits per heavy atom. The number of aromatic hydroxyl groups is 1. The largest absolute Gasteiger partial charge is 0.494 e. The summed E-state index contributed by atoms with van der Waals surface area (Å²) in [5.41, 5.74) is 4.50. The van der Waals surface area contributed by atoms with Crippen molar-refractivity contribution >= 4 is 28.0 Å². The number of nitrogens with zero attached hydrogens (tertiary/aromatic N) is 2. The van der Waals surface area contributed by atoms with Crippen molar-refractivity contribution in [3.05, 3.63) is 59.7 Å². The van der Waals surface area contributed by atoms with Gasteiger partial charge in [-0.15, -0.1) is 0 Å². The summed E-state index contributed by atoms with van der Waals surface area (Å²) in [7, 11) is 0. The molecule has 6 heteroatoms. The van der Waals surface area contributed by atoms with Crippen LogP contribution in [0.1, 0.15) is 24.0 Å². The van der Waals surface area contributed by atoms with Crippen molar-refractivity contribution in [3.8, 4) is 5.88 Å². The zero-order valence-corrected chi connectivity index (χ0v) is 14.7. The number of fused-ring (bicyclic) bond motifs is 2. The van der Waals surface area contributed by atoms with Gasteiger partial charge in [-0.05, 0) is 25.0 Å². The molecule has 0 amide bonds. The number of hydrogen-bond acceptors (Lipinski definition) is 5. The second kappa shape index (κ2) is 6.55. The third kappa shape index (κ3) is 2.98. The third-order valence-electron chi connectivity index (χ3n) is 4.86. The SMILES string of the molecule is Oc1[nH]c2ccccc2c1C1=Nc2ccccc2/C1=N\OCCCC1CO1. The van der Waals surface area contributed by atoms with Gasteiger partial charge in [-0.3, -0.25) is 0 Å². The number of hydrogen-bond donors (Lipinski definition) is 2. The lowest BCUT2D eigenvalue weighted by atomic mass is 10.0. The van der Waals surface area contributed by atoms with Crippen molar-refractivity contribution < 1.29 is 14.7 Å². The monoisotopic (exact) mass is 361 g/mol. The minimum absolute atomic E-state index is 0.0846. The van der Waals surface area contributed by atoms with E-state index in [9.17, 15) is 5.11 Å². The standard InChI is InChI=1S/C21H19N3O3/c25-21-18(14-7-1-3-9-16(14)23-21)20-19(15-8-2-4-10-17(15)22-20)24-27-11-5-6-13-12-26-13/h1-4,7-10,13,23,25H,5-6,11-12H2/b24-19+. The maximum Gasteiger partial charge on any atom is 0.199 e. The Balaban J connectivity index is 1.50. The molecule has 1 saturated heterocycles. The van der Waals surface area contributed by atoms with Crippen LogP contribution < -0.4 is 0 Å². The van der Waals surface area contributed by atoms with Gasteiger partial charge < -0.3 is 19.7 Å². The molecule has 3 heterocycles. The molecule has 0 spiro atoms. The second-order valence-electron chi connectivity index (χ2n) is 6.74. The van der Waals surface area contributed by atoms with Crippen LogP contribution in [0, 0.1) is 0 Å². The van der Waals surface area contributed by atoms with Crippen LogP contribution in [-0.2, 0) is 9.57 Å². The average Bonchev–Trinajstić information content (AvgIpc) is 3.35. The minimum Gasteiger partial charge on any atom is -0.494 e. The first-order valence-corrected chi connectivity index (χ1v) is 9.11. The van der Waals surface area contributed by atoms with E-state index in [0.29, 0.717) is 29.7 Å². The minimum atomic E-state index is 0.0846. The Bertz CT molecular complexity index is 1060. The van der Waals surface area contributed by atoms with Crippen molar-refractivity contribution in [2.75, 3.05) is 13.2 Å². The van der Waals surface area contributed by atoms with Crippen molar-refractivity contribution in [2.45, 2.75) is 18.9 Å². The summed E-state index contributed by atoms with van der Waals surface area (Å²) in [5.74, 6) is 0.0846. The van der Waals surface area contributed by atoms with Gasteiger partial charge in [-0.25, -0.2) is 4.99 Å². The van der Waals surface area contributed by atoms with Crippen LogP contribution in [0.4, 0.5) is 5.69 Å². The molecule has 1 atom stereocenters. The first-order chi connectivity index (χ1) is 13.3. The lowest BCUT2D eigenvalue weighted by molar-refractivity contribution is 0.139. The predicted octanol–water partition coefficient (Wildman–Crippen LogP) is 3.91. The maximum absolute atomic E-state index is 10.5. The number of para-hydroxylation sites is 2. The fourth-order valence-corrected chi connectivity index (χ4v) is 3.43. The second-order valence-corrected chi connectivity index (χ2v) is 6.74. The number of aliphatic imine (C=N–C) groups is 1. The zero-order valence-electron chi connectivity index (χ0n) is 14.7. The summed E-state index contributed by atoms with van der Waals surface area (Å²) in [6.07, 6.45) is 2.29. The number of rotatable bonds is 6.